The second-order valence-corrected chi connectivity index (χ2v) is 8.88. The fraction of sp³-hybridized carbons (Fsp3) is 0.333. The predicted molar refractivity (Wildman–Crippen MR) is 131 cm³/mol. The summed E-state index contributed by atoms with van der Waals surface area (Å²) < 4.78 is 22.6. The molecule has 1 aliphatic carbocycles. The largest absolute Gasteiger partial charge is 0.487 e. The Labute approximate surface area is 198 Å². The summed E-state index contributed by atoms with van der Waals surface area (Å²) in [5.74, 6) is 0.0549. The second-order valence-electron chi connectivity index (χ2n) is 8.88. The van der Waals surface area contributed by atoms with E-state index in [0.29, 0.717) is 17.5 Å². The van der Waals surface area contributed by atoms with Gasteiger partial charge in [0.15, 0.2) is 0 Å². The Morgan fingerprint density at radius 3 is 2.71 bits per heavy atom. The molecule has 1 N–H and O–H groups in total. The average Bonchev–Trinajstić information content (AvgIpc) is 3.08. The van der Waals surface area contributed by atoms with E-state index in [1.54, 1.807) is 22.9 Å². The molecule has 7 heteroatoms. The van der Waals surface area contributed by atoms with Crippen molar-refractivity contribution in [1.29, 1.82) is 0 Å². The Morgan fingerprint density at radius 2 is 2.03 bits per heavy atom. The van der Waals surface area contributed by atoms with Crippen LogP contribution in [0.2, 0.25) is 0 Å². The molecule has 5 rings (SSSR count). The van der Waals surface area contributed by atoms with Crippen molar-refractivity contribution in [3.8, 4) is 11.4 Å². The van der Waals surface area contributed by atoms with E-state index in [-0.39, 0.29) is 12.2 Å². The van der Waals surface area contributed by atoms with Crippen molar-refractivity contribution in [2.24, 2.45) is 7.05 Å². The third kappa shape index (κ3) is 4.35. The monoisotopic (exact) mass is 460 g/mol. The first-order valence-electron chi connectivity index (χ1n) is 11.8. The normalized spacial score (nSPS) is 13.9. The van der Waals surface area contributed by atoms with Crippen molar-refractivity contribution in [2.45, 2.75) is 51.8 Å². The van der Waals surface area contributed by atoms with Gasteiger partial charge in [-0.1, -0.05) is 19.4 Å². The summed E-state index contributed by atoms with van der Waals surface area (Å²) in [5, 5.41) is 4.93. The molecular formula is C27H29FN4O2. The van der Waals surface area contributed by atoms with Crippen molar-refractivity contribution in [1.82, 2.24) is 19.4 Å². The molecule has 3 aromatic heterocycles. The van der Waals surface area contributed by atoms with Crippen molar-refractivity contribution < 1.29 is 9.13 Å². The van der Waals surface area contributed by atoms with Gasteiger partial charge < -0.3 is 14.6 Å². The Balaban J connectivity index is 1.39. The fourth-order valence-electron chi connectivity index (χ4n) is 4.63. The lowest BCUT2D eigenvalue weighted by Crippen LogP contribution is -2.34. The van der Waals surface area contributed by atoms with E-state index in [2.05, 4.69) is 41.0 Å². The van der Waals surface area contributed by atoms with Crippen LogP contribution in [-0.2, 0) is 26.6 Å². The minimum atomic E-state index is -0.394. The lowest BCUT2D eigenvalue weighted by molar-refractivity contribution is 0.300. The first-order chi connectivity index (χ1) is 16.5. The molecule has 1 fully saturated rings. The van der Waals surface area contributed by atoms with Gasteiger partial charge in [-0.3, -0.25) is 14.3 Å². The zero-order chi connectivity index (χ0) is 23.7. The zero-order valence-electron chi connectivity index (χ0n) is 19.6. The van der Waals surface area contributed by atoms with Gasteiger partial charge in [0.25, 0.3) is 5.56 Å². The fourth-order valence-corrected chi connectivity index (χ4v) is 4.63. The number of nitrogens with zero attached hydrogens (tertiary/aromatic N) is 3. The maximum absolute atomic E-state index is 13.0. The number of fused-ring (bicyclic) bond motifs is 1. The van der Waals surface area contributed by atoms with Gasteiger partial charge in [0.1, 0.15) is 18.2 Å². The predicted octanol–water partition coefficient (Wildman–Crippen LogP) is 4.65. The van der Waals surface area contributed by atoms with Crippen molar-refractivity contribution in [3.05, 3.63) is 88.0 Å². The lowest BCUT2D eigenvalue weighted by Gasteiger charge is -2.26. The average molecular weight is 461 g/mol. The molecular weight excluding hydrogens is 431 g/mol. The van der Waals surface area contributed by atoms with Crippen molar-refractivity contribution >= 4 is 10.9 Å². The standard InChI is InChI=1S/C27H29FN4O2/c1-3-25-24(16-30-19-5-4-6-19)23-10-9-21(13-26(23)31(25)2)32-12-11-22(14-27(32)33)34-17-20-8-7-18(28)15-29-20/h7-15,19,30H,3-6,16-17H2,1-2H3. The molecule has 0 bridgehead atoms. The number of rotatable bonds is 8. The molecule has 0 amide bonds. The molecule has 176 valence electrons. The molecule has 0 unspecified atom stereocenters. The van der Waals surface area contributed by atoms with Crippen LogP contribution in [0.4, 0.5) is 4.39 Å². The van der Waals surface area contributed by atoms with Crippen LogP contribution in [-0.4, -0.2) is 20.2 Å². The highest BCUT2D eigenvalue weighted by atomic mass is 19.1. The summed E-state index contributed by atoms with van der Waals surface area (Å²) in [6.07, 6.45) is 7.67. The number of hydrogen-bond acceptors (Lipinski definition) is 4. The van der Waals surface area contributed by atoms with Gasteiger partial charge in [-0.2, -0.15) is 0 Å². The third-order valence-electron chi connectivity index (χ3n) is 6.77. The van der Waals surface area contributed by atoms with E-state index in [9.17, 15) is 9.18 Å². The van der Waals surface area contributed by atoms with Gasteiger partial charge in [-0.15, -0.1) is 0 Å². The molecule has 1 aliphatic rings. The number of ether oxygens (including phenoxy) is 1. The van der Waals surface area contributed by atoms with E-state index in [1.165, 1.54) is 48.0 Å². The molecule has 0 spiro atoms. The van der Waals surface area contributed by atoms with Gasteiger partial charge in [0, 0.05) is 43.0 Å². The van der Waals surface area contributed by atoms with Crippen LogP contribution in [0.3, 0.4) is 0 Å². The summed E-state index contributed by atoms with van der Waals surface area (Å²) >= 11 is 0. The summed E-state index contributed by atoms with van der Waals surface area (Å²) in [7, 11) is 2.10. The Hall–Kier alpha value is -3.45. The summed E-state index contributed by atoms with van der Waals surface area (Å²) in [5.41, 5.74) is 5.02. The Morgan fingerprint density at radius 1 is 1.18 bits per heavy atom. The second kappa shape index (κ2) is 9.43. The van der Waals surface area contributed by atoms with Gasteiger partial charge in [-0.05, 0) is 55.2 Å². The summed E-state index contributed by atoms with van der Waals surface area (Å²) in [6, 6.07) is 12.9. The van der Waals surface area contributed by atoms with E-state index in [4.69, 9.17) is 4.74 Å². The van der Waals surface area contributed by atoms with Crippen LogP contribution < -0.4 is 15.6 Å². The number of pyridine rings is 2. The lowest BCUT2D eigenvalue weighted by atomic mass is 9.93. The number of halogens is 1. The molecule has 6 nitrogen and oxygen atoms in total. The highest BCUT2D eigenvalue weighted by Crippen LogP contribution is 2.29. The van der Waals surface area contributed by atoms with Crippen LogP contribution in [0.5, 0.6) is 5.75 Å². The van der Waals surface area contributed by atoms with Crippen molar-refractivity contribution in [3.63, 3.8) is 0 Å². The number of aromatic nitrogens is 3. The highest BCUT2D eigenvalue weighted by Gasteiger charge is 2.19. The van der Waals surface area contributed by atoms with Crippen LogP contribution in [0.1, 0.15) is 43.1 Å². The maximum atomic E-state index is 13.0. The summed E-state index contributed by atoms with van der Waals surface area (Å²) in [6.45, 7) is 3.22. The SMILES string of the molecule is CCc1c(CNC2CCC2)c2ccc(-n3ccc(OCc4ccc(F)cn4)cc3=O)cc2n1C. The van der Waals surface area contributed by atoms with E-state index >= 15 is 0 Å². The smallest absolute Gasteiger partial charge is 0.258 e. The minimum absolute atomic E-state index is 0.163. The zero-order valence-corrected chi connectivity index (χ0v) is 19.6. The van der Waals surface area contributed by atoms with Crippen LogP contribution in [0.25, 0.3) is 16.6 Å². The molecule has 1 aromatic carbocycles. The maximum Gasteiger partial charge on any atom is 0.258 e. The van der Waals surface area contributed by atoms with Gasteiger partial charge in [0.2, 0.25) is 0 Å². The van der Waals surface area contributed by atoms with E-state index in [0.717, 1.165) is 30.4 Å². The van der Waals surface area contributed by atoms with Crippen LogP contribution in [0.15, 0.2) is 59.7 Å². The third-order valence-corrected chi connectivity index (χ3v) is 6.77. The molecule has 0 aliphatic heterocycles. The Kier molecular flexibility index (Phi) is 6.20. The van der Waals surface area contributed by atoms with Gasteiger partial charge in [-0.25, -0.2) is 4.39 Å². The molecule has 0 radical (unpaired) electrons. The quantitative estimate of drug-likeness (QED) is 0.416. The molecule has 0 saturated heterocycles. The minimum Gasteiger partial charge on any atom is -0.487 e. The molecule has 34 heavy (non-hydrogen) atoms. The molecule has 1 saturated carbocycles. The van der Waals surface area contributed by atoms with Gasteiger partial charge >= 0.3 is 0 Å². The molecule has 4 aromatic rings. The van der Waals surface area contributed by atoms with Gasteiger partial charge in [0.05, 0.1) is 23.1 Å². The van der Waals surface area contributed by atoms with Crippen molar-refractivity contribution in [2.75, 3.05) is 0 Å². The molecule has 3 heterocycles. The van der Waals surface area contributed by atoms with E-state index < -0.39 is 5.82 Å². The highest BCUT2D eigenvalue weighted by molar-refractivity contribution is 5.87. The van der Waals surface area contributed by atoms with E-state index in [1.807, 2.05) is 6.07 Å². The van der Waals surface area contributed by atoms with Crippen LogP contribution >= 0.6 is 0 Å². The number of hydrogen-bond donors (Lipinski definition) is 1. The number of aryl methyl sites for hydroxylation is 1. The topological polar surface area (TPSA) is 61.1 Å². The first-order valence-corrected chi connectivity index (χ1v) is 11.8. The number of benzene rings is 1. The number of nitrogens with one attached hydrogen (secondary N) is 1. The molecule has 0 atom stereocenters. The first kappa shape index (κ1) is 22.3. The summed E-state index contributed by atoms with van der Waals surface area (Å²) in [4.78, 5) is 16.8. The Bertz CT molecular complexity index is 1370. The van der Waals surface area contributed by atoms with Crippen LogP contribution in [0, 0.1) is 5.82 Å².